The molecule has 1 unspecified atom stereocenters. The number of thioether (sulfide) groups is 1. The van der Waals surface area contributed by atoms with E-state index in [0.717, 1.165) is 28.3 Å². The van der Waals surface area contributed by atoms with Gasteiger partial charge in [0.2, 0.25) is 0 Å². The summed E-state index contributed by atoms with van der Waals surface area (Å²) in [4.78, 5) is 12.5. The van der Waals surface area contributed by atoms with Crippen LogP contribution in [0.15, 0.2) is 36.4 Å². The zero-order valence-electron chi connectivity index (χ0n) is 12.2. The number of hydrogen-bond acceptors (Lipinski definition) is 3. The average Bonchev–Trinajstić information content (AvgIpc) is 3.07. The Balaban J connectivity index is 1.64. The van der Waals surface area contributed by atoms with Crippen molar-refractivity contribution in [2.24, 2.45) is 0 Å². The number of aromatic nitrogens is 1. The number of carbonyl (C=O) groups is 1. The molecule has 2 aliphatic rings. The van der Waals surface area contributed by atoms with Gasteiger partial charge in [-0.15, -0.1) is 0 Å². The molecule has 1 atom stereocenters. The number of thiocarbonyl (C=S) groups is 1. The Labute approximate surface area is 139 Å². The highest BCUT2D eigenvalue weighted by atomic mass is 32.2. The molecule has 112 valence electrons. The summed E-state index contributed by atoms with van der Waals surface area (Å²) in [5.41, 5.74) is 4.82. The highest BCUT2D eigenvalue weighted by Gasteiger charge is 2.33. The van der Waals surface area contributed by atoms with E-state index in [4.69, 9.17) is 12.2 Å². The molecule has 22 heavy (non-hydrogen) atoms. The number of carbonyl (C=O) groups excluding carboxylic acids is 1. The standard InChI is InChI=1S/C18H17NOS2/c20-16(12-6-2-1-3-7-12)11-17-19-14-9-5-4-8-13(14)10-15(19)18(21)22-17/h1-3,6-7,10,17H,4-5,8-9,11H2. The maximum absolute atomic E-state index is 12.5. The highest BCUT2D eigenvalue weighted by Crippen LogP contribution is 2.43. The van der Waals surface area contributed by atoms with Crippen molar-refractivity contribution in [1.82, 2.24) is 4.57 Å². The number of hydrogen-bond donors (Lipinski definition) is 0. The monoisotopic (exact) mass is 327 g/mol. The summed E-state index contributed by atoms with van der Waals surface area (Å²) in [6, 6.07) is 11.8. The number of benzene rings is 1. The molecule has 0 N–H and O–H groups in total. The molecule has 0 fully saturated rings. The lowest BCUT2D eigenvalue weighted by Gasteiger charge is -2.19. The molecular formula is C18H17NOS2. The van der Waals surface area contributed by atoms with Crippen LogP contribution in [0.2, 0.25) is 0 Å². The van der Waals surface area contributed by atoms with Crippen LogP contribution < -0.4 is 0 Å². The molecule has 2 nitrogen and oxygen atoms in total. The van der Waals surface area contributed by atoms with Crippen molar-refractivity contribution in [3.8, 4) is 0 Å². The molecule has 1 aromatic carbocycles. The first-order chi connectivity index (χ1) is 10.7. The van der Waals surface area contributed by atoms with Crippen molar-refractivity contribution in [1.29, 1.82) is 0 Å². The van der Waals surface area contributed by atoms with Crippen LogP contribution in [-0.4, -0.2) is 14.5 Å². The minimum absolute atomic E-state index is 0.136. The SMILES string of the molecule is O=C(CC1SC(=S)c2cc3c(n21)CCCC3)c1ccccc1. The van der Waals surface area contributed by atoms with Crippen LogP contribution in [-0.2, 0) is 12.8 Å². The van der Waals surface area contributed by atoms with Crippen molar-refractivity contribution in [2.75, 3.05) is 0 Å². The smallest absolute Gasteiger partial charge is 0.165 e. The van der Waals surface area contributed by atoms with Gasteiger partial charge in [-0.05, 0) is 37.3 Å². The topological polar surface area (TPSA) is 22.0 Å². The van der Waals surface area contributed by atoms with Gasteiger partial charge in [-0.2, -0.15) is 0 Å². The van der Waals surface area contributed by atoms with Gasteiger partial charge in [0.1, 0.15) is 0 Å². The predicted molar refractivity (Wildman–Crippen MR) is 94.8 cm³/mol. The van der Waals surface area contributed by atoms with E-state index in [-0.39, 0.29) is 11.2 Å². The lowest BCUT2D eigenvalue weighted by atomic mass is 9.98. The number of rotatable bonds is 3. The van der Waals surface area contributed by atoms with Gasteiger partial charge in [0.15, 0.2) is 5.78 Å². The molecule has 0 saturated heterocycles. The van der Waals surface area contributed by atoms with Crippen molar-refractivity contribution >= 4 is 34.0 Å². The zero-order valence-corrected chi connectivity index (χ0v) is 13.9. The van der Waals surface area contributed by atoms with E-state index in [2.05, 4.69) is 10.6 Å². The quantitative estimate of drug-likeness (QED) is 0.609. The second kappa shape index (κ2) is 5.67. The Morgan fingerprint density at radius 2 is 2.00 bits per heavy atom. The summed E-state index contributed by atoms with van der Waals surface area (Å²) in [6.45, 7) is 0. The summed E-state index contributed by atoms with van der Waals surface area (Å²) in [7, 11) is 0. The summed E-state index contributed by atoms with van der Waals surface area (Å²) in [5, 5.41) is 0.136. The molecule has 4 heteroatoms. The summed E-state index contributed by atoms with van der Waals surface area (Å²) < 4.78 is 3.29. The molecule has 1 aliphatic heterocycles. The molecule has 0 spiro atoms. The Kier molecular flexibility index (Phi) is 3.66. The van der Waals surface area contributed by atoms with E-state index < -0.39 is 0 Å². The van der Waals surface area contributed by atoms with E-state index in [1.54, 1.807) is 11.8 Å². The molecule has 2 aromatic rings. The molecule has 0 radical (unpaired) electrons. The summed E-state index contributed by atoms with van der Waals surface area (Å²) >= 11 is 7.21. The summed E-state index contributed by atoms with van der Waals surface area (Å²) in [6.07, 6.45) is 5.30. The van der Waals surface area contributed by atoms with Crippen molar-refractivity contribution in [3.05, 3.63) is 58.9 Å². The van der Waals surface area contributed by atoms with E-state index in [9.17, 15) is 4.79 Å². The third-order valence-electron chi connectivity index (χ3n) is 4.54. The van der Waals surface area contributed by atoms with Crippen molar-refractivity contribution in [2.45, 2.75) is 37.5 Å². The third kappa shape index (κ3) is 2.34. The van der Waals surface area contributed by atoms with Crippen LogP contribution in [0, 0.1) is 0 Å². The molecule has 2 heterocycles. The van der Waals surface area contributed by atoms with Gasteiger partial charge in [0.05, 0.1) is 15.3 Å². The Morgan fingerprint density at radius 1 is 1.23 bits per heavy atom. The van der Waals surface area contributed by atoms with Crippen LogP contribution in [0.1, 0.15) is 51.9 Å². The third-order valence-corrected chi connectivity index (χ3v) is 6.11. The highest BCUT2D eigenvalue weighted by molar-refractivity contribution is 8.24. The number of Topliss-reactive ketones (excluding diaryl/α,β-unsaturated/α-hetero) is 1. The molecule has 1 aliphatic carbocycles. The van der Waals surface area contributed by atoms with E-state index >= 15 is 0 Å². The maximum Gasteiger partial charge on any atom is 0.165 e. The first kappa shape index (κ1) is 14.2. The Morgan fingerprint density at radius 3 is 2.82 bits per heavy atom. The van der Waals surface area contributed by atoms with Crippen LogP contribution in [0.5, 0.6) is 0 Å². The Bertz CT molecular complexity index is 748. The lowest BCUT2D eigenvalue weighted by molar-refractivity contribution is 0.0976. The maximum atomic E-state index is 12.5. The Hall–Kier alpha value is -1.39. The fraction of sp³-hybridized carbons (Fsp3) is 0.333. The second-order valence-electron chi connectivity index (χ2n) is 5.93. The van der Waals surface area contributed by atoms with Crippen LogP contribution in [0.25, 0.3) is 0 Å². The van der Waals surface area contributed by atoms with Gasteiger partial charge in [0.25, 0.3) is 0 Å². The molecule has 4 rings (SSSR count). The molecule has 0 amide bonds. The van der Waals surface area contributed by atoms with Gasteiger partial charge in [-0.1, -0.05) is 54.3 Å². The van der Waals surface area contributed by atoms with Gasteiger partial charge in [-0.25, -0.2) is 0 Å². The largest absolute Gasteiger partial charge is 0.330 e. The fourth-order valence-corrected chi connectivity index (χ4v) is 5.08. The molecular weight excluding hydrogens is 310 g/mol. The number of nitrogens with zero attached hydrogens (tertiary/aromatic N) is 1. The van der Waals surface area contributed by atoms with Crippen molar-refractivity contribution in [3.63, 3.8) is 0 Å². The lowest BCUT2D eigenvalue weighted by Crippen LogP contribution is -2.13. The fourth-order valence-electron chi connectivity index (χ4n) is 3.48. The van der Waals surface area contributed by atoms with Gasteiger partial charge in [-0.3, -0.25) is 4.79 Å². The van der Waals surface area contributed by atoms with E-state index in [0.29, 0.717) is 6.42 Å². The van der Waals surface area contributed by atoms with E-state index in [1.165, 1.54) is 24.1 Å². The summed E-state index contributed by atoms with van der Waals surface area (Å²) in [5.74, 6) is 0.201. The normalized spacial score (nSPS) is 19.8. The van der Waals surface area contributed by atoms with E-state index in [1.807, 2.05) is 30.3 Å². The first-order valence-electron chi connectivity index (χ1n) is 7.76. The predicted octanol–water partition coefficient (Wildman–Crippen LogP) is 4.56. The minimum atomic E-state index is 0.136. The minimum Gasteiger partial charge on any atom is -0.330 e. The van der Waals surface area contributed by atoms with Gasteiger partial charge in [0, 0.05) is 17.7 Å². The second-order valence-corrected chi connectivity index (χ2v) is 7.79. The van der Waals surface area contributed by atoms with Gasteiger partial charge >= 0.3 is 0 Å². The molecule has 1 aromatic heterocycles. The van der Waals surface area contributed by atoms with Gasteiger partial charge < -0.3 is 4.57 Å². The number of fused-ring (bicyclic) bond motifs is 3. The van der Waals surface area contributed by atoms with Crippen LogP contribution in [0.4, 0.5) is 0 Å². The average molecular weight is 327 g/mol. The zero-order chi connectivity index (χ0) is 15.1. The van der Waals surface area contributed by atoms with Crippen LogP contribution >= 0.6 is 24.0 Å². The van der Waals surface area contributed by atoms with Crippen molar-refractivity contribution < 1.29 is 4.79 Å². The first-order valence-corrected chi connectivity index (χ1v) is 9.05. The van der Waals surface area contributed by atoms with Crippen LogP contribution in [0.3, 0.4) is 0 Å². The molecule has 0 saturated carbocycles. The molecule has 0 bridgehead atoms. The number of aryl methyl sites for hydroxylation is 1. The number of ketones is 1.